The fraction of sp³-hybridized carbons (Fsp3) is 0.261. The van der Waals surface area contributed by atoms with Gasteiger partial charge in [-0.15, -0.1) is 11.3 Å². The predicted octanol–water partition coefficient (Wildman–Crippen LogP) is 4.85. The van der Waals surface area contributed by atoms with Crippen LogP contribution < -0.4 is 5.32 Å². The number of nitrogens with one attached hydrogen (secondary N) is 1. The number of hydrogen-bond donors (Lipinski definition) is 1. The molecule has 0 bridgehead atoms. The lowest BCUT2D eigenvalue weighted by atomic mass is 10.0. The summed E-state index contributed by atoms with van der Waals surface area (Å²) >= 11 is 1.27. The molecule has 0 saturated heterocycles. The van der Waals surface area contributed by atoms with E-state index in [0.717, 1.165) is 22.6 Å². The third-order valence-corrected chi connectivity index (χ3v) is 5.75. The summed E-state index contributed by atoms with van der Waals surface area (Å²) in [6.45, 7) is 5.47. The molecule has 1 N–H and O–H groups in total. The first-order valence-electron chi connectivity index (χ1n) is 9.53. The van der Waals surface area contributed by atoms with Crippen LogP contribution in [0.15, 0.2) is 54.6 Å². The van der Waals surface area contributed by atoms with Crippen LogP contribution in [0.1, 0.15) is 45.9 Å². The molecular formula is C23H24N2O3S. The quantitative estimate of drug-likeness (QED) is 0.568. The van der Waals surface area contributed by atoms with Gasteiger partial charge in [-0.1, -0.05) is 67.1 Å². The van der Waals surface area contributed by atoms with Crippen molar-refractivity contribution in [2.75, 3.05) is 6.61 Å². The van der Waals surface area contributed by atoms with Gasteiger partial charge in [-0.2, -0.15) is 0 Å². The van der Waals surface area contributed by atoms with Gasteiger partial charge < -0.3 is 10.1 Å². The average Bonchev–Trinajstić information content (AvgIpc) is 3.13. The Morgan fingerprint density at radius 2 is 1.76 bits per heavy atom. The summed E-state index contributed by atoms with van der Waals surface area (Å²) in [5.74, 6) is -0.850. The summed E-state index contributed by atoms with van der Waals surface area (Å²) in [6.07, 6.45) is 0.747. The van der Waals surface area contributed by atoms with Crippen molar-refractivity contribution < 1.29 is 14.3 Å². The number of nitrogens with zero attached hydrogens (tertiary/aromatic N) is 1. The van der Waals surface area contributed by atoms with Crippen molar-refractivity contribution in [3.63, 3.8) is 0 Å². The third-order valence-electron chi connectivity index (χ3n) is 4.56. The molecule has 1 aromatic heterocycles. The van der Waals surface area contributed by atoms with E-state index < -0.39 is 5.97 Å². The molecule has 5 nitrogen and oxygen atoms in total. The molecule has 0 saturated carbocycles. The molecule has 0 aliphatic carbocycles. The Kier molecular flexibility index (Phi) is 6.77. The molecule has 2 aromatic carbocycles. The second-order valence-corrected chi connectivity index (χ2v) is 7.81. The number of thiazole rings is 1. The van der Waals surface area contributed by atoms with E-state index in [0.29, 0.717) is 10.6 Å². The molecule has 0 spiro atoms. The number of aromatic nitrogens is 1. The highest BCUT2D eigenvalue weighted by atomic mass is 32.1. The fourth-order valence-corrected chi connectivity index (χ4v) is 3.91. The summed E-state index contributed by atoms with van der Waals surface area (Å²) in [5, 5.41) is 3.68. The first-order chi connectivity index (χ1) is 14.0. The van der Waals surface area contributed by atoms with Crippen LogP contribution in [0.5, 0.6) is 0 Å². The van der Waals surface area contributed by atoms with Crippen LogP contribution in [0.4, 0.5) is 0 Å². The molecule has 0 unspecified atom stereocenters. The minimum atomic E-state index is -0.527. The molecular weight excluding hydrogens is 384 g/mol. The smallest absolute Gasteiger partial charge is 0.350 e. The van der Waals surface area contributed by atoms with Crippen LogP contribution in [0.3, 0.4) is 0 Å². The number of amides is 1. The van der Waals surface area contributed by atoms with Crippen molar-refractivity contribution in [1.82, 2.24) is 10.3 Å². The van der Waals surface area contributed by atoms with E-state index >= 15 is 0 Å². The molecule has 3 rings (SSSR count). The molecule has 29 heavy (non-hydrogen) atoms. The SMILES string of the molecule is CC[C@H](NC(=O)COC(=O)c1sc(-c2ccccc2)nc1C)c1ccc(C)cc1. The van der Waals surface area contributed by atoms with E-state index in [1.54, 1.807) is 6.92 Å². The maximum Gasteiger partial charge on any atom is 0.350 e. The summed E-state index contributed by atoms with van der Waals surface area (Å²) in [5.41, 5.74) is 3.74. The van der Waals surface area contributed by atoms with Gasteiger partial charge in [0.05, 0.1) is 11.7 Å². The van der Waals surface area contributed by atoms with E-state index in [4.69, 9.17) is 4.74 Å². The summed E-state index contributed by atoms with van der Waals surface area (Å²) in [6, 6.07) is 17.6. The van der Waals surface area contributed by atoms with Crippen molar-refractivity contribution in [2.24, 2.45) is 0 Å². The Bertz CT molecular complexity index is 981. The average molecular weight is 409 g/mol. The number of rotatable bonds is 7. The van der Waals surface area contributed by atoms with Crippen LogP contribution in [0, 0.1) is 13.8 Å². The molecule has 150 valence electrons. The van der Waals surface area contributed by atoms with Gasteiger partial charge in [0, 0.05) is 5.56 Å². The molecule has 0 aliphatic heterocycles. The Morgan fingerprint density at radius 3 is 2.41 bits per heavy atom. The first kappa shape index (κ1) is 20.7. The summed E-state index contributed by atoms with van der Waals surface area (Å²) < 4.78 is 5.24. The minimum absolute atomic E-state index is 0.114. The Balaban J connectivity index is 1.59. The highest BCUT2D eigenvalue weighted by Crippen LogP contribution is 2.28. The van der Waals surface area contributed by atoms with Crippen LogP contribution in [0.25, 0.3) is 10.6 Å². The topological polar surface area (TPSA) is 68.3 Å². The van der Waals surface area contributed by atoms with Crippen molar-refractivity contribution in [1.29, 1.82) is 0 Å². The van der Waals surface area contributed by atoms with Gasteiger partial charge in [0.1, 0.15) is 9.88 Å². The minimum Gasteiger partial charge on any atom is -0.451 e. The fourth-order valence-electron chi connectivity index (χ4n) is 2.94. The van der Waals surface area contributed by atoms with Gasteiger partial charge >= 0.3 is 5.97 Å². The van der Waals surface area contributed by atoms with E-state index in [9.17, 15) is 9.59 Å². The molecule has 0 fully saturated rings. The van der Waals surface area contributed by atoms with Gasteiger partial charge in [-0.25, -0.2) is 9.78 Å². The lowest BCUT2D eigenvalue weighted by Crippen LogP contribution is -2.32. The first-order valence-corrected chi connectivity index (χ1v) is 10.4. The number of esters is 1. The zero-order valence-electron chi connectivity index (χ0n) is 16.8. The zero-order valence-corrected chi connectivity index (χ0v) is 17.6. The Hall–Kier alpha value is -2.99. The van der Waals surface area contributed by atoms with Gasteiger partial charge in [-0.05, 0) is 25.8 Å². The number of benzene rings is 2. The van der Waals surface area contributed by atoms with Crippen molar-refractivity contribution in [2.45, 2.75) is 33.2 Å². The van der Waals surface area contributed by atoms with Gasteiger partial charge in [0.25, 0.3) is 5.91 Å². The van der Waals surface area contributed by atoms with Crippen LogP contribution in [0.2, 0.25) is 0 Å². The third kappa shape index (κ3) is 5.29. The van der Waals surface area contributed by atoms with Gasteiger partial charge in [-0.3, -0.25) is 4.79 Å². The largest absolute Gasteiger partial charge is 0.451 e. The molecule has 0 aliphatic rings. The normalized spacial score (nSPS) is 11.7. The molecule has 1 amide bonds. The van der Waals surface area contributed by atoms with Crippen LogP contribution in [-0.2, 0) is 9.53 Å². The highest BCUT2D eigenvalue weighted by molar-refractivity contribution is 7.17. The van der Waals surface area contributed by atoms with E-state index in [2.05, 4.69) is 10.3 Å². The number of carbonyl (C=O) groups excluding carboxylic acids is 2. The molecule has 1 heterocycles. The highest BCUT2D eigenvalue weighted by Gasteiger charge is 2.19. The van der Waals surface area contributed by atoms with Crippen LogP contribution >= 0.6 is 11.3 Å². The van der Waals surface area contributed by atoms with Gasteiger partial charge in [0.2, 0.25) is 0 Å². The van der Waals surface area contributed by atoms with E-state index in [1.165, 1.54) is 16.9 Å². The number of hydrogen-bond acceptors (Lipinski definition) is 5. The molecule has 6 heteroatoms. The Labute approximate surface area is 174 Å². The molecule has 1 atom stereocenters. The lowest BCUT2D eigenvalue weighted by molar-refractivity contribution is -0.125. The summed E-state index contributed by atoms with van der Waals surface area (Å²) in [7, 11) is 0. The molecule has 3 aromatic rings. The number of ether oxygens (including phenoxy) is 1. The van der Waals surface area contributed by atoms with E-state index in [-0.39, 0.29) is 18.6 Å². The zero-order chi connectivity index (χ0) is 20.8. The maximum absolute atomic E-state index is 12.4. The second kappa shape index (κ2) is 9.47. The van der Waals surface area contributed by atoms with E-state index in [1.807, 2.05) is 68.4 Å². The Morgan fingerprint density at radius 1 is 1.07 bits per heavy atom. The van der Waals surface area contributed by atoms with Crippen molar-refractivity contribution >= 4 is 23.2 Å². The van der Waals surface area contributed by atoms with Gasteiger partial charge in [0.15, 0.2) is 6.61 Å². The standard InChI is InChI=1S/C23H24N2O3S/c1-4-19(17-12-10-15(2)11-13-17)25-20(26)14-28-23(27)21-16(3)24-22(29-21)18-8-6-5-7-9-18/h5-13,19H,4,14H2,1-3H3,(H,25,26)/t19-/m0/s1. The molecule has 0 radical (unpaired) electrons. The number of carbonyl (C=O) groups is 2. The monoisotopic (exact) mass is 408 g/mol. The van der Waals surface area contributed by atoms with Crippen molar-refractivity contribution in [3.8, 4) is 10.6 Å². The number of aryl methyl sites for hydroxylation is 2. The second-order valence-electron chi connectivity index (χ2n) is 6.81. The predicted molar refractivity (Wildman–Crippen MR) is 115 cm³/mol. The lowest BCUT2D eigenvalue weighted by Gasteiger charge is -2.17. The van der Waals surface area contributed by atoms with Crippen LogP contribution in [-0.4, -0.2) is 23.5 Å². The maximum atomic E-state index is 12.4. The summed E-state index contributed by atoms with van der Waals surface area (Å²) in [4.78, 5) is 29.6. The van der Waals surface area contributed by atoms with Crippen molar-refractivity contribution in [3.05, 3.63) is 76.3 Å².